The Hall–Kier alpha value is -0.770. The Labute approximate surface area is 128 Å². The van der Waals surface area contributed by atoms with Gasteiger partial charge in [0.25, 0.3) is 0 Å². The maximum atomic E-state index is 6.10. The van der Waals surface area contributed by atoms with E-state index in [9.17, 15) is 0 Å². The molecule has 2 heterocycles. The smallest absolute Gasteiger partial charge is 0.125 e. The molecule has 2 fully saturated rings. The van der Waals surface area contributed by atoms with Crippen LogP contribution in [0.1, 0.15) is 31.1 Å². The van der Waals surface area contributed by atoms with Gasteiger partial charge in [-0.25, -0.2) is 4.98 Å². The lowest BCUT2D eigenvalue weighted by atomic mass is 10.2. The van der Waals surface area contributed by atoms with Crippen molar-refractivity contribution in [1.29, 1.82) is 0 Å². The number of fused-ring (bicyclic) bond motifs is 1. The van der Waals surface area contributed by atoms with Crippen molar-refractivity contribution < 1.29 is 0 Å². The second-order valence-corrected chi connectivity index (χ2v) is 6.54. The molecule has 0 radical (unpaired) electrons. The van der Waals surface area contributed by atoms with Crippen molar-refractivity contribution in [3.05, 3.63) is 29.0 Å². The van der Waals surface area contributed by atoms with Crippen LogP contribution in [-0.4, -0.2) is 33.6 Å². The number of alkyl halides is 1. The molecule has 20 heavy (non-hydrogen) atoms. The van der Waals surface area contributed by atoms with Crippen LogP contribution in [0.3, 0.4) is 0 Å². The first-order valence-corrected chi connectivity index (χ1v) is 8.14. The number of likely N-dealkylation sites (tertiary alicyclic amines) is 1. The first-order valence-electron chi connectivity index (χ1n) is 7.22. The summed E-state index contributed by atoms with van der Waals surface area (Å²) < 4.78 is 2.33. The van der Waals surface area contributed by atoms with Crippen LogP contribution in [0.15, 0.2) is 18.2 Å². The summed E-state index contributed by atoms with van der Waals surface area (Å²) in [7, 11) is 0. The van der Waals surface area contributed by atoms with Crippen molar-refractivity contribution in [1.82, 2.24) is 14.5 Å². The third kappa shape index (κ3) is 2.12. The van der Waals surface area contributed by atoms with Crippen molar-refractivity contribution in [2.75, 3.05) is 13.1 Å². The third-order valence-electron chi connectivity index (χ3n) is 4.47. The molecule has 1 aliphatic carbocycles. The number of halogens is 2. The Morgan fingerprint density at radius 2 is 2.05 bits per heavy atom. The molecule has 1 saturated heterocycles. The Morgan fingerprint density at radius 1 is 1.20 bits per heavy atom. The van der Waals surface area contributed by atoms with Crippen molar-refractivity contribution in [2.45, 2.75) is 37.2 Å². The van der Waals surface area contributed by atoms with Crippen LogP contribution in [0.4, 0.5) is 0 Å². The first kappa shape index (κ1) is 12.9. The average molecular weight is 310 g/mol. The Kier molecular flexibility index (Phi) is 3.17. The number of hydrogen-bond donors (Lipinski definition) is 0. The maximum Gasteiger partial charge on any atom is 0.125 e. The van der Waals surface area contributed by atoms with Gasteiger partial charge < -0.3 is 4.57 Å². The zero-order valence-electron chi connectivity index (χ0n) is 11.2. The Morgan fingerprint density at radius 3 is 2.80 bits per heavy atom. The molecule has 2 aromatic rings. The van der Waals surface area contributed by atoms with E-state index in [2.05, 4.69) is 20.5 Å². The third-order valence-corrected chi connectivity index (χ3v) is 4.94. The molecule has 1 saturated carbocycles. The van der Waals surface area contributed by atoms with E-state index >= 15 is 0 Å². The molecule has 0 N–H and O–H groups in total. The number of aromatic nitrogens is 2. The number of hydrogen-bond acceptors (Lipinski definition) is 2. The van der Waals surface area contributed by atoms with Gasteiger partial charge in [-0.2, -0.15) is 0 Å². The quantitative estimate of drug-likeness (QED) is 0.803. The highest BCUT2D eigenvalue weighted by Crippen LogP contribution is 2.35. The number of nitrogens with zero attached hydrogens (tertiary/aromatic N) is 3. The second-order valence-electron chi connectivity index (χ2n) is 5.83. The predicted molar refractivity (Wildman–Crippen MR) is 82.5 cm³/mol. The Balaban J connectivity index is 1.74. The number of imidazole rings is 1. The molecular weight excluding hydrogens is 293 g/mol. The molecule has 4 rings (SSSR count). The first-order chi connectivity index (χ1) is 9.76. The molecule has 0 spiro atoms. The fourth-order valence-electron chi connectivity index (χ4n) is 3.37. The van der Waals surface area contributed by atoms with Crippen LogP contribution in [0, 0.1) is 0 Å². The lowest BCUT2D eigenvalue weighted by molar-refractivity contribution is 0.314. The molecule has 0 bridgehead atoms. The maximum absolute atomic E-state index is 6.10. The van der Waals surface area contributed by atoms with E-state index in [0.717, 1.165) is 34.5 Å². The minimum Gasteiger partial charge on any atom is -0.322 e. The average Bonchev–Trinajstić information content (AvgIpc) is 3.07. The van der Waals surface area contributed by atoms with Gasteiger partial charge in [0, 0.05) is 30.2 Å². The van der Waals surface area contributed by atoms with E-state index in [1.165, 1.54) is 25.8 Å². The van der Waals surface area contributed by atoms with Gasteiger partial charge >= 0.3 is 0 Å². The van der Waals surface area contributed by atoms with Gasteiger partial charge in [0.2, 0.25) is 0 Å². The highest BCUT2D eigenvalue weighted by Gasteiger charge is 2.35. The molecule has 106 valence electrons. The van der Waals surface area contributed by atoms with Gasteiger partial charge in [-0.05, 0) is 37.5 Å². The summed E-state index contributed by atoms with van der Waals surface area (Å²) in [4.78, 5) is 7.27. The van der Waals surface area contributed by atoms with Crippen molar-refractivity contribution in [2.24, 2.45) is 0 Å². The van der Waals surface area contributed by atoms with E-state index < -0.39 is 0 Å². The topological polar surface area (TPSA) is 21.1 Å². The number of benzene rings is 1. The molecule has 1 aliphatic heterocycles. The lowest BCUT2D eigenvalue weighted by Gasteiger charge is -2.18. The van der Waals surface area contributed by atoms with Gasteiger partial charge in [-0.1, -0.05) is 11.6 Å². The fraction of sp³-hybridized carbons (Fsp3) is 0.533. The summed E-state index contributed by atoms with van der Waals surface area (Å²) >= 11 is 12.2. The van der Waals surface area contributed by atoms with Crippen molar-refractivity contribution in [3.8, 4) is 0 Å². The molecule has 1 atom stereocenters. The normalized spacial score (nSPS) is 23.8. The zero-order chi connectivity index (χ0) is 13.7. The van der Waals surface area contributed by atoms with Crippen LogP contribution in [0.5, 0.6) is 0 Å². The standard InChI is InChI=1S/C15H17Cl2N3/c16-8-15-18-13-7-10(17)1-4-14(13)20(15)12-5-6-19(9-12)11-2-3-11/h1,4,7,11-12H,2-3,5-6,8-9H2. The van der Waals surface area contributed by atoms with Gasteiger partial charge in [0.05, 0.1) is 16.9 Å². The molecule has 3 nitrogen and oxygen atoms in total. The number of rotatable bonds is 3. The monoisotopic (exact) mass is 309 g/mol. The van der Waals surface area contributed by atoms with Crippen molar-refractivity contribution in [3.63, 3.8) is 0 Å². The minimum absolute atomic E-state index is 0.451. The summed E-state index contributed by atoms with van der Waals surface area (Å²) in [5.74, 6) is 1.42. The van der Waals surface area contributed by atoms with Gasteiger partial charge in [0.15, 0.2) is 0 Å². The van der Waals surface area contributed by atoms with E-state index in [1.807, 2.05) is 12.1 Å². The van der Waals surface area contributed by atoms with Gasteiger partial charge in [-0.3, -0.25) is 4.90 Å². The van der Waals surface area contributed by atoms with Crippen LogP contribution in [-0.2, 0) is 5.88 Å². The van der Waals surface area contributed by atoms with E-state index in [4.69, 9.17) is 23.2 Å². The highest BCUT2D eigenvalue weighted by atomic mass is 35.5. The summed E-state index contributed by atoms with van der Waals surface area (Å²) in [6, 6.07) is 7.27. The molecule has 0 amide bonds. The summed E-state index contributed by atoms with van der Waals surface area (Å²) in [6.07, 6.45) is 3.93. The molecule has 1 unspecified atom stereocenters. The largest absolute Gasteiger partial charge is 0.322 e. The van der Waals surface area contributed by atoms with E-state index in [0.29, 0.717) is 11.9 Å². The van der Waals surface area contributed by atoms with Crippen molar-refractivity contribution >= 4 is 34.2 Å². The van der Waals surface area contributed by atoms with Crippen LogP contribution >= 0.6 is 23.2 Å². The molecule has 1 aromatic heterocycles. The fourth-order valence-corrected chi connectivity index (χ4v) is 3.73. The van der Waals surface area contributed by atoms with Gasteiger partial charge in [0.1, 0.15) is 5.82 Å². The highest BCUT2D eigenvalue weighted by molar-refractivity contribution is 6.31. The summed E-state index contributed by atoms with van der Waals surface area (Å²) in [6.45, 7) is 2.33. The zero-order valence-corrected chi connectivity index (χ0v) is 12.7. The van der Waals surface area contributed by atoms with Crippen LogP contribution in [0.2, 0.25) is 5.02 Å². The minimum atomic E-state index is 0.451. The second kappa shape index (κ2) is 4.90. The summed E-state index contributed by atoms with van der Waals surface area (Å²) in [5, 5.41) is 0.731. The SMILES string of the molecule is ClCc1nc2cc(Cl)ccc2n1C1CCN(C2CC2)C1. The molecule has 1 aromatic carbocycles. The molecule has 5 heteroatoms. The van der Waals surface area contributed by atoms with Gasteiger partial charge in [-0.15, -0.1) is 11.6 Å². The van der Waals surface area contributed by atoms with Crippen LogP contribution < -0.4 is 0 Å². The van der Waals surface area contributed by atoms with E-state index in [-0.39, 0.29) is 0 Å². The molecular formula is C15H17Cl2N3. The molecule has 2 aliphatic rings. The van der Waals surface area contributed by atoms with E-state index in [1.54, 1.807) is 0 Å². The Bertz CT molecular complexity index is 648. The lowest BCUT2D eigenvalue weighted by Crippen LogP contribution is -2.24. The predicted octanol–water partition coefficient (Wildman–Crippen LogP) is 3.84. The van der Waals surface area contributed by atoms with Crippen LogP contribution in [0.25, 0.3) is 11.0 Å². The summed E-state index contributed by atoms with van der Waals surface area (Å²) in [5.41, 5.74) is 2.12.